The standard InChI is InChI=1S/C56H62N2O8/c1-3-32-63-56-51(58(2)55(61)43-23-22-39-17-7-8-18-41(39)34-43)37-49(57-66-52-21-11-14-33-62-52)47-35-42(19-9-12-30-59)46(20-10-13-31-60)53(54(47)56)48-36-45(28-29-50(48)65-56)64-44-26-24-40(25-27-44)38-15-5-4-6-16-38/h3-8,15-18,22-29,34-36,42,46,51-54,59-60H,1,9-14,19-21,30-33,37H2,2H3/t42-,46+,51-,52?,53+,54+,56+/m0/s1. The lowest BCUT2D eigenvalue weighted by atomic mass is 9.55. The molecule has 2 heterocycles. The average molecular weight is 891 g/mol. The number of oxime groups is 1. The second-order valence-electron chi connectivity index (χ2n) is 18.1. The number of allylic oxidation sites excluding steroid dienone is 1. The molecule has 0 spiro atoms. The maximum Gasteiger partial charge on any atom is 0.254 e. The highest BCUT2D eigenvalue weighted by Crippen LogP contribution is 2.62. The van der Waals surface area contributed by atoms with Crippen LogP contribution in [-0.4, -0.2) is 78.3 Å². The van der Waals surface area contributed by atoms with Gasteiger partial charge in [-0.25, -0.2) is 0 Å². The summed E-state index contributed by atoms with van der Waals surface area (Å²) in [5.41, 5.74) is 5.49. The van der Waals surface area contributed by atoms with Gasteiger partial charge in [-0.15, -0.1) is 6.58 Å². The van der Waals surface area contributed by atoms with E-state index in [2.05, 4.69) is 43.0 Å². The average Bonchev–Trinajstić information content (AvgIpc) is 3.36. The van der Waals surface area contributed by atoms with Gasteiger partial charge in [-0.05, 0) is 120 Å². The second-order valence-corrected chi connectivity index (χ2v) is 18.1. The van der Waals surface area contributed by atoms with Gasteiger partial charge in [0, 0.05) is 50.1 Å². The highest BCUT2D eigenvalue weighted by molar-refractivity contribution is 6.04. The van der Waals surface area contributed by atoms with Crippen molar-refractivity contribution in [1.82, 2.24) is 4.90 Å². The van der Waals surface area contributed by atoms with Crippen molar-refractivity contribution in [3.63, 3.8) is 0 Å². The van der Waals surface area contributed by atoms with Crippen molar-refractivity contribution >= 4 is 22.4 Å². The summed E-state index contributed by atoms with van der Waals surface area (Å²) < 4.78 is 27.2. The van der Waals surface area contributed by atoms with E-state index >= 15 is 0 Å². The Labute approximate surface area is 388 Å². The number of unbranched alkanes of at least 4 members (excludes halogenated alkanes) is 2. The third kappa shape index (κ3) is 9.42. The van der Waals surface area contributed by atoms with Gasteiger partial charge in [0.2, 0.25) is 12.1 Å². The lowest BCUT2D eigenvalue weighted by molar-refractivity contribution is -0.252. The number of rotatable bonds is 18. The minimum absolute atomic E-state index is 0.0721. The number of carbonyl (C=O) groups excluding carboxylic acids is 1. The molecule has 10 heteroatoms. The van der Waals surface area contributed by atoms with Gasteiger partial charge in [0.25, 0.3) is 5.91 Å². The summed E-state index contributed by atoms with van der Waals surface area (Å²) in [4.78, 5) is 23.1. The highest BCUT2D eigenvalue weighted by atomic mass is 16.8. The summed E-state index contributed by atoms with van der Waals surface area (Å²) >= 11 is 0. The number of aliphatic hydroxyl groups is 2. The van der Waals surface area contributed by atoms with E-state index in [1.165, 1.54) is 0 Å². The molecule has 66 heavy (non-hydrogen) atoms. The summed E-state index contributed by atoms with van der Waals surface area (Å²) in [6.07, 6.45) is 11.3. The van der Waals surface area contributed by atoms with Gasteiger partial charge in [0.1, 0.15) is 23.3 Å². The van der Waals surface area contributed by atoms with E-state index in [-0.39, 0.29) is 43.5 Å². The zero-order valence-corrected chi connectivity index (χ0v) is 37.9. The van der Waals surface area contributed by atoms with Crippen LogP contribution < -0.4 is 9.47 Å². The molecular weight excluding hydrogens is 829 g/mol. The number of amides is 1. The molecule has 1 unspecified atom stereocenters. The van der Waals surface area contributed by atoms with Crippen molar-refractivity contribution < 1.29 is 38.8 Å². The fourth-order valence-electron chi connectivity index (χ4n) is 10.9. The first kappa shape index (κ1) is 45.4. The van der Waals surface area contributed by atoms with Gasteiger partial charge in [-0.2, -0.15) is 0 Å². The first-order valence-electron chi connectivity index (χ1n) is 23.9. The number of likely N-dealkylation sites (N-methyl/N-ethyl adjacent to an activating group) is 1. The van der Waals surface area contributed by atoms with Crippen LogP contribution in [0.3, 0.4) is 0 Å². The van der Waals surface area contributed by atoms with Crippen molar-refractivity contribution in [3.8, 4) is 28.4 Å². The monoisotopic (exact) mass is 890 g/mol. The number of fused-ring (bicyclic) bond motifs is 3. The zero-order valence-electron chi connectivity index (χ0n) is 37.9. The van der Waals surface area contributed by atoms with Gasteiger partial charge in [-0.3, -0.25) is 4.79 Å². The van der Waals surface area contributed by atoms with Crippen LogP contribution in [-0.2, 0) is 14.3 Å². The molecule has 2 N–H and O–H groups in total. The van der Waals surface area contributed by atoms with Crippen molar-refractivity contribution in [1.29, 1.82) is 0 Å². The largest absolute Gasteiger partial charge is 0.459 e. The summed E-state index contributed by atoms with van der Waals surface area (Å²) in [7, 11) is 1.84. The normalized spacial score (nSPS) is 25.0. The van der Waals surface area contributed by atoms with Crippen LogP contribution in [0.25, 0.3) is 21.9 Å². The van der Waals surface area contributed by atoms with E-state index < -0.39 is 24.0 Å². The number of aliphatic hydroxyl groups excluding tert-OH is 2. The maximum absolute atomic E-state index is 15.0. The van der Waals surface area contributed by atoms with Gasteiger partial charge in [0.15, 0.2) is 0 Å². The van der Waals surface area contributed by atoms with Crippen LogP contribution in [0.4, 0.5) is 0 Å². The predicted molar refractivity (Wildman–Crippen MR) is 258 cm³/mol. The van der Waals surface area contributed by atoms with Gasteiger partial charge in [-0.1, -0.05) is 103 Å². The van der Waals surface area contributed by atoms with E-state index in [1.54, 1.807) is 11.0 Å². The quantitative estimate of drug-likeness (QED) is 0.0507. The summed E-state index contributed by atoms with van der Waals surface area (Å²) in [6.45, 7) is 5.08. The molecule has 2 aliphatic heterocycles. The number of carbonyl (C=O) groups is 1. The first-order chi connectivity index (χ1) is 32.4. The SMILES string of the molecule is C=CCO[C@@]12Oc3ccc(Oc4ccc(-c5ccccc5)cc4)cc3[C@H]3[C@H](CCCCO)[C@@H](CCCCO)C=C(C(=NOC4CCCCO4)C[C@@H]1N(C)C(=O)c1ccc4ccccc4c1)[C@H]32. The molecule has 7 atom stereocenters. The van der Waals surface area contributed by atoms with E-state index in [4.69, 9.17) is 28.9 Å². The molecular formula is C56H62N2O8. The molecule has 1 amide bonds. The Morgan fingerprint density at radius 3 is 2.35 bits per heavy atom. The summed E-state index contributed by atoms with van der Waals surface area (Å²) in [6, 6.07) is 37.7. The first-order valence-corrected chi connectivity index (χ1v) is 23.9. The van der Waals surface area contributed by atoms with Crippen LogP contribution in [0.1, 0.15) is 86.0 Å². The molecule has 9 rings (SSSR count). The lowest BCUT2D eigenvalue weighted by Gasteiger charge is -2.59. The lowest BCUT2D eigenvalue weighted by Crippen LogP contribution is -2.69. The van der Waals surface area contributed by atoms with Gasteiger partial charge in [0.05, 0.1) is 24.8 Å². The maximum atomic E-state index is 15.0. The van der Waals surface area contributed by atoms with Crippen LogP contribution >= 0.6 is 0 Å². The fourth-order valence-corrected chi connectivity index (χ4v) is 10.9. The third-order valence-corrected chi connectivity index (χ3v) is 14.0. The molecule has 0 aromatic heterocycles. The van der Waals surface area contributed by atoms with Gasteiger partial charge >= 0.3 is 0 Å². The molecule has 5 aromatic rings. The van der Waals surface area contributed by atoms with Crippen molar-refractivity contribution in [2.24, 2.45) is 22.9 Å². The van der Waals surface area contributed by atoms with Crippen molar-refractivity contribution in [2.75, 3.05) is 33.5 Å². The molecule has 1 saturated heterocycles. The molecule has 0 radical (unpaired) electrons. The Hall–Kier alpha value is -5.78. The number of benzene rings is 5. The van der Waals surface area contributed by atoms with Crippen LogP contribution in [0, 0.1) is 17.8 Å². The number of ether oxygens (including phenoxy) is 4. The van der Waals surface area contributed by atoms with Crippen molar-refractivity contribution in [3.05, 3.63) is 151 Å². The molecule has 2 fully saturated rings. The fraction of sp³-hybridized carbons (Fsp3) is 0.393. The second kappa shape index (κ2) is 20.8. The Morgan fingerprint density at radius 1 is 0.848 bits per heavy atom. The minimum atomic E-state index is -1.37. The number of hydrogen-bond acceptors (Lipinski definition) is 9. The number of hydrogen-bond donors (Lipinski definition) is 2. The molecule has 344 valence electrons. The summed E-state index contributed by atoms with van der Waals surface area (Å²) in [5.74, 6) is 0.0385. The summed E-state index contributed by atoms with van der Waals surface area (Å²) in [5, 5.41) is 27.0. The molecule has 4 aliphatic rings. The molecule has 0 bridgehead atoms. The smallest absolute Gasteiger partial charge is 0.254 e. The Morgan fingerprint density at radius 2 is 1.59 bits per heavy atom. The molecule has 1 saturated carbocycles. The van der Waals surface area contributed by atoms with E-state index in [9.17, 15) is 15.0 Å². The Balaban J connectivity index is 1.18. The van der Waals surface area contributed by atoms with Crippen molar-refractivity contribution in [2.45, 2.75) is 88.2 Å². The van der Waals surface area contributed by atoms with Crippen LogP contribution in [0.15, 0.2) is 145 Å². The minimum Gasteiger partial charge on any atom is -0.459 e. The van der Waals surface area contributed by atoms with E-state index in [0.717, 1.165) is 83.7 Å². The third-order valence-electron chi connectivity index (χ3n) is 14.0. The van der Waals surface area contributed by atoms with Crippen LogP contribution in [0.2, 0.25) is 0 Å². The highest BCUT2D eigenvalue weighted by Gasteiger charge is 2.65. The predicted octanol–water partition coefficient (Wildman–Crippen LogP) is 11.2. The topological polar surface area (TPSA) is 119 Å². The van der Waals surface area contributed by atoms with Gasteiger partial charge < -0.3 is 38.9 Å². The number of nitrogens with zero attached hydrogens (tertiary/aromatic N) is 2. The van der Waals surface area contributed by atoms with E-state index in [0.29, 0.717) is 48.7 Å². The molecule has 5 aromatic carbocycles. The van der Waals surface area contributed by atoms with Crippen LogP contribution in [0.5, 0.6) is 17.2 Å². The zero-order chi connectivity index (χ0) is 45.5. The molecule has 2 aliphatic carbocycles. The Kier molecular flexibility index (Phi) is 14.3. The Bertz CT molecular complexity index is 2520. The molecule has 10 nitrogen and oxygen atoms in total. The van der Waals surface area contributed by atoms with E-state index in [1.807, 2.05) is 92.0 Å².